The average Bonchev–Trinajstić information content (AvgIpc) is 2.12. The van der Waals surface area contributed by atoms with E-state index in [-0.39, 0.29) is 6.42 Å². The molecule has 0 aromatic carbocycles. The van der Waals surface area contributed by atoms with E-state index < -0.39 is 36.8 Å². The molecule has 0 bridgehead atoms. The standard InChI is InChI=1S/C10H12F6N2O/c1-6(2)18(5-3-4-17)8(19)7(9(11,12)13)10(14,15)16/h6-7H,3,5H2,1-2H3. The van der Waals surface area contributed by atoms with Crippen LogP contribution in [0.1, 0.15) is 20.3 Å². The highest BCUT2D eigenvalue weighted by molar-refractivity contribution is 5.80. The van der Waals surface area contributed by atoms with Gasteiger partial charge in [0.1, 0.15) is 0 Å². The van der Waals surface area contributed by atoms with Crippen LogP contribution >= 0.6 is 0 Å². The second-order valence-corrected chi connectivity index (χ2v) is 4.05. The molecule has 0 aliphatic rings. The highest BCUT2D eigenvalue weighted by Crippen LogP contribution is 2.40. The Morgan fingerprint density at radius 1 is 1.16 bits per heavy atom. The van der Waals surface area contributed by atoms with Gasteiger partial charge in [0.05, 0.1) is 12.5 Å². The lowest BCUT2D eigenvalue weighted by atomic mass is 10.1. The highest BCUT2D eigenvalue weighted by Gasteiger charge is 2.62. The smallest absolute Gasteiger partial charge is 0.338 e. The van der Waals surface area contributed by atoms with Gasteiger partial charge in [0.25, 0.3) is 0 Å². The fourth-order valence-electron chi connectivity index (χ4n) is 1.42. The fraction of sp³-hybridized carbons (Fsp3) is 0.800. The molecule has 0 aromatic rings. The lowest BCUT2D eigenvalue weighted by Gasteiger charge is -2.31. The van der Waals surface area contributed by atoms with Crippen molar-refractivity contribution in [3.8, 4) is 6.07 Å². The molecule has 0 unspecified atom stereocenters. The molecule has 0 N–H and O–H groups in total. The second-order valence-electron chi connectivity index (χ2n) is 4.05. The van der Waals surface area contributed by atoms with Crippen LogP contribution in [0.4, 0.5) is 26.3 Å². The number of carbonyl (C=O) groups excluding carboxylic acids is 1. The van der Waals surface area contributed by atoms with E-state index in [0.717, 1.165) is 0 Å². The molecule has 110 valence electrons. The molecule has 9 heteroatoms. The summed E-state index contributed by atoms with van der Waals surface area (Å²) < 4.78 is 74.3. The molecule has 0 rings (SSSR count). The molecular weight excluding hydrogens is 278 g/mol. The summed E-state index contributed by atoms with van der Waals surface area (Å²) in [5.41, 5.74) is 0. The van der Waals surface area contributed by atoms with Gasteiger partial charge < -0.3 is 4.90 Å². The molecule has 0 aromatic heterocycles. The van der Waals surface area contributed by atoms with Crippen molar-refractivity contribution in [1.82, 2.24) is 4.90 Å². The van der Waals surface area contributed by atoms with Gasteiger partial charge in [-0.05, 0) is 13.8 Å². The number of carbonyl (C=O) groups is 1. The topological polar surface area (TPSA) is 44.1 Å². The second kappa shape index (κ2) is 6.12. The number of halogens is 6. The van der Waals surface area contributed by atoms with Crippen LogP contribution in [0.3, 0.4) is 0 Å². The Morgan fingerprint density at radius 2 is 1.58 bits per heavy atom. The summed E-state index contributed by atoms with van der Waals surface area (Å²) in [6.07, 6.45) is -11.8. The third-order valence-corrected chi connectivity index (χ3v) is 2.27. The molecule has 0 atom stereocenters. The SMILES string of the molecule is CC(C)N(CCC#N)C(=O)C(C(F)(F)F)C(F)(F)F. The van der Waals surface area contributed by atoms with Crippen LogP contribution in [0.25, 0.3) is 0 Å². The third kappa shape index (κ3) is 4.96. The molecule has 1 amide bonds. The molecule has 19 heavy (non-hydrogen) atoms. The van der Waals surface area contributed by atoms with Crippen molar-refractivity contribution >= 4 is 5.91 Å². The molecule has 0 saturated heterocycles. The largest absolute Gasteiger partial charge is 0.409 e. The van der Waals surface area contributed by atoms with E-state index in [9.17, 15) is 31.1 Å². The van der Waals surface area contributed by atoms with Crippen molar-refractivity contribution in [2.24, 2.45) is 5.92 Å². The number of amides is 1. The first-order valence-corrected chi connectivity index (χ1v) is 5.23. The zero-order valence-corrected chi connectivity index (χ0v) is 10.1. The quantitative estimate of drug-likeness (QED) is 0.747. The van der Waals surface area contributed by atoms with Crippen molar-refractivity contribution in [1.29, 1.82) is 5.26 Å². The van der Waals surface area contributed by atoms with Crippen LogP contribution in [0.15, 0.2) is 0 Å². The van der Waals surface area contributed by atoms with Gasteiger partial charge in [-0.15, -0.1) is 0 Å². The monoisotopic (exact) mass is 290 g/mol. The number of hydrogen-bond acceptors (Lipinski definition) is 2. The number of rotatable bonds is 4. The maximum atomic E-state index is 12.4. The fourth-order valence-corrected chi connectivity index (χ4v) is 1.42. The van der Waals surface area contributed by atoms with E-state index in [2.05, 4.69) is 0 Å². The lowest BCUT2D eigenvalue weighted by molar-refractivity contribution is -0.278. The first kappa shape index (κ1) is 17.5. The summed E-state index contributed by atoms with van der Waals surface area (Å²) >= 11 is 0. The molecule has 0 spiro atoms. The first-order chi connectivity index (χ1) is 8.42. The number of nitrogens with zero attached hydrogens (tertiary/aromatic N) is 2. The summed E-state index contributed by atoms with van der Waals surface area (Å²) in [4.78, 5) is 11.9. The number of alkyl halides is 6. The highest BCUT2D eigenvalue weighted by atomic mass is 19.4. The predicted octanol–water partition coefficient (Wildman–Crippen LogP) is 2.88. The van der Waals surface area contributed by atoms with Crippen LogP contribution in [0.5, 0.6) is 0 Å². The van der Waals surface area contributed by atoms with Gasteiger partial charge in [0.2, 0.25) is 11.8 Å². The molecule has 3 nitrogen and oxygen atoms in total. The van der Waals surface area contributed by atoms with E-state index in [0.29, 0.717) is 4.90 Å². The van der Waals surface area contributed by atoms with E-state index >= 15 is 0 Å². The molecule has 0 heterocycles. The van der Waals surface area contributed by atoms with Crippen LogP contribution in [0.2, 0.25) is 0 Å². The molecule has 0 saturated carbocycles. The van der Waals surface area contributed by atoms with Gasteiger partial charge in [-0.3, -0.25) is 4.79 Å². The minimum absolute atomic E-state index is 0.341. The van der Waals surface area contributed by atoms with Gasteiger partial charge in [-0.2, -0.15) is 31.6 Å². The molecule has 0 radical (unpaired) electrons. The van der Waals surface area contributed by atoms with Gasteiger partial charge in [-0.1, -0.05) is 0 Å². The van der Waals surface area contributed by atoms with Crippen molar-refractivity contribution < 1.29 is 31.1 Å². The van der Waals surface area contributed by atoms with Crippen molar-refractivity contribution in [3.63, 3.8) is 0 Å². The normalized spacial score (nSPS) is 12.7. The van der Waals surface area contributed by atoms with E-state index in [4.69, 9.17) is 5.26 Å². The number of hydrogen-bond donors (Lipinski definition) is 0. The third-order valence-electron chi connectivity index (χ3n) is 2.27. The Morgan fingerprint density at radius 3 is 1.84 bits per heavy atom. The van der Waals surface area contributed by atoms with E-state index in [1.165, 1.54) is 13.8 Å². The zero-order valence-electron chi connectivity index (χ0n) is 10.1. The van der Waals surface area contributed by atoms with E-state index in [1.54, 1.807) is 6.07 Å². The van der Waals surface area contributed by atoms with Gasteiger partial charge >= 0.3 is 12.4 Å². The number of nitriles is 1. The molecule has 0 aliphatic heterocycles. The maximum absolute atomic E-state index is 12.4. The summed E-state index contributed by atoms with van der Waals surface area (Å²) in [5, 5.41) is 8.30. The van der Waals surface area contributed by atoms with Crippen LogP contribution in [-0.4, -0.2) is 35.7 Å². The molecule has 0 fully saturated rings. The predicted molar refractivity (Wildman–Crippen MR) is 52.7 cm³/mol. The van der Waals surface area contributed by atoms with Crippen molar-refractivity contribution in [2.45, 2.75) is 38.7 Å². The van der Waals surface area contributed by atoms with Gasteiger partial charge in [-0.25, -0.2) is 0 Å². The minimum Gasteiger partial charge on any atom is -0.338 e. The Bertz CT molecular complexity index is 341. The Balaban J connectivity index is 5.34. The van der Waals surface area contributed by atoms with Crippen molar-refractivity contribution in [2.75, 3.05) is 6.54 Å². The maximum Gasteiger partial charge on any atom is 0.409 e. The Labute approximate surface area is 105 Å². The lowest BCUT2D eigenvalue weighted by Crippen LogP contribution is -2.51. The average molecular weight is 290 g/mol. The summed E-state index contributed by atoms with van der Waals surface area (Å²) in [6.45, 7) is 2.08. The van der Waals surface area contributed by atoms with Crippen LogP contribution in [0, 0.1) is 17.2 Å². The summed E-state index contributed by atoms with van der Waals surface area (Å²) in [7, 11) is 0. The summed E-state index contributed by atoms with van der Waals surface area (Å²) in [5.74, 6) is -6.13. The van der Waals surface area contributed by atoms with Crippen LogP contribution in [-0.2, 0) is 4.79 Å². The van der Waals surface area contributed by atoms with Gasteiger partial charge in [0, 0.05) is 12.6 Å². The molecular formula is C10H12F6N2O. The Kier molecular flexibility index (Phi) is 5.65. The van der Waals surface area contributed by atoms with E-state index in [1.807, 2.05) is 0 Å². The van der Waals surface area contributed by atoms with Gasteiger partial charge in [0.15, 0.2) is 0 Å². The van der Waals surface area contributed by atoms with Crippen LogP contribution < -0.4 is 0 Å². The van der Waals surface area contributed by atoms with Crippen molar-refractivity contribution in [3.05, 3.63) is 0 Å². The zero-order chi connectivity index (χ0) is 15.4. The molecule has 0 aliphatic carbocycles. The Hall–Kier alpha value is -1.46. The minimum atomic E-state index is -5.71. The first-order valence-electron chi connectivity index (χ1n) is 5.23. The summed E-state index contributed by atoms with van der Waals surface area (Å²) in [6, 6.07) is 0.700.